The number of hydrogen-bond acceptors (Lipinski definition) is 7. The molecule has 8 heteroatoms. The van der Waals surface area contributed by atoms with E-state index in [9.17, 15) is 5.11 Å². The minimum absolute atomic E-state index is 0.0728. The first kappa shape index (κ1) is 17.2. The maximum atomic E-state index is 9.47. The Morgan fingerprint density at radius 1 is 1.26 bits per heavy atom. The van der Waals surface area contributed by atoms with E-state index < -0.39 is 5.41 Å². The van der Waals surface area contributed by atoms with Crippen LogP contribution >= 0.6 is 0 Å². The van der Waals surface area contributed by atoms with Crippen LogP contribution in [0, 0.1) is 6.92 Å². The van der Waals surface area contributed by atoms with Crippen LogP contribution < -0.4 is 5.32 Å². The van der Waals surface area contributed by atoms with Crippen molar-refractivity contribution in [1.82, 2.24) is 24.7 Å². The minimum Gasteiger partial charge on any atom is -0.395 e. The first-order chi connectivity index (χ1) is 13.0. The highest BCUT2D eigenvalue weighted by Crippen LogP contribution is 2.27. The van der Waals surface area contributed by atoms with E-state index in [2.05, 4.69) is 25.5 Å². The molecule has 138 valence electrons. The molecule has 4 rings (SSSR count). The zero-order chi connectivity index (χ0) is 19.0. The molecule has 0 aliphatic heterocycles. The lowest BCUT2D eigenvalue weighted by Gasteiger charge is -2.14. The molecular weight excluding hydrogens is 344 g/mol. The van der Waals surface area contributed by atoms with E-state index in [4.69, 9.17) is 4.52 Å². The number of aromatic nitrogens is 5. The summed E-state index contributed by atoms with van der Waals surface area (Å²) in [6.07, 6.45) is 3.42. The smallest absolute Gasteiger partial charge is 0.234 e. The molecule has 0 atom stereocenters. The standard InChI is InChI=1S/C19H20N6O2/c1-12-7-8-25-15(12)17(20-11-21-25)22-14-6-4-5-13(9-14)16-23-18(27-24-16)19(2,3)10-26/h4-9,11,26H,10H2,1-3H3,(H,20,21,22). The van der Waals surface area contributed by atoms with Crippen molar-refractivity contribution >= 4 is 17.0 Å². The number of nitrogens with one attached hydrogen (secondary N) is 1. The van der Waals surface area contributed by atoms with Crippen LogP contribution in [0.5, 0.6) is 0 Å². The Morgan fingerprint density at radius 3 is 2.93 bits per heavy atom. The molecule has 0 saturated carbocycles. The number of fused-ring (bicyclic) bond motifs is 1. The molecule has 3 aromatic heterocycles. The Balaban J connectivity index is 1.66. The van der Waals surface area contributed by atoms with Gasteiger partial charge < -0.3 is 14.9 Å². The summed E-state index contributed by atoms with van der Waals surface area (Å²) >= 11 is 0. The summed E-state index contributed by atoms with van der Waals surface area (Å²) in [7, 11) is 0. The van der Waals surface area contributed by atoms with E-state index in [-0.39, 0.29) is 6.61 Å². The SMILES string of the molecule is Cc1ccn2ncnc(Nc3cccc(-c4noc(C(C)(C)CO)n4)c3)c12. The van der Waals surface area contributed by atoms with Gasteiger partial charge in [-0.2, -0.15) is 10.1 Å². The molecule has 0 bridgehead atoms. The second-order valence-corrected chi connectivity index (χ2v) is 7.07. The molecule has 0 amide bonds. The second kappa shape index (κ2) is 6.48. The van der Waals surface area contributed by atoms with Gasteiger partial charge in [-0.15, -0.1) is 0 Å². The highest BCUT2D eigenvalue weighted by atomic mass is 16.5. The predicted octanol–water partition coefficient (Wildman–Crippen LogP) is 3.10. The molecule has 0 aliphatic carbocycles. The van der Waals surface area contributed by atoms with Crippen LogP contribution in [0.2, 0.25) is 0 Å². The van der Waals surface area contributed by atoms with Crippen molar-refractivity contribution in [3.63, 3.8) is 0 Å². The summed E-state index contributed by atoms with van der Waals surface area (Å²) in [5.74, 6) is 1.60. The zero-order valence-corrected chi connectivity index (χ0v) is 15.3. The van der Waals surface area contributed by atoms with Crippen molar-refractivity contribution in [2.45, 2.75) is 26.2 Å². The van der Waals surface area contributed by atoms with Gasteiger partial charge in [-0.1, -0.05) is 17.3 Å². The molecular formula is C19H20N6O2. The van der Waals surface area contributed by atoms with Crippen molar-refractivity contribution in [3.05, 3.63) is 54.3 Å². The van der Waals surface area contributed by atoms with Crippen molar-refractivity contribution in [3.8, 4) is 11.4 Å². The maximum absolute atomic E-state index is 9.47. The normalized spacial score (nSPS) is 11.9. The van der Waals surface area contributed by atoms with E-state index in [0.717, 1.165) is 28.1 Å². The fourth-order valence-corrected chi connectivity index (χ4v) is 2.76. The number of aliphatic hydroxyl groups is 1. The monoisotopic (exact) mass is 364 g/mol. The van der Waals surface area contributed by atoms with Gasteiger partial charge in [0.25, 0.3) is 0 Å². The fraction of sp³-hybridized carbons (Fsp3) is 0.263. The highest BCUT2D eigenvalue weighted by molar-refractivity contribution is 5.77. The van der Waals surface area contributed by atoms with E-state index >= 15 is 0 Å². The molecule has 2 N–H and O–H groups in total. The minimum atomic E-state index is -0.583. The molecule has 0 aliphatic rings. The third kappa shape index (κ3) is 3.15. The van der Waals surface area contributed by atoms with Crippen LogP contribution in [0.1, 0.15) is 25.3 Å². The van der Waals surface area contributed by atoms with Crippen LogP contribution in [-0.2, 0) is 5.41 Å². The molecule has 0 unspecified atom stereocenters. The first-order valence-electron chi connectivity index (χ1n) is 8.59. The average molecular weight is 364 g/mol. The maximum Gasteiger partial charge on any atom is 0.234 e. The lowest BCUT2D eigenvalue weighted by atomic mass is 9.95. The van der Waals surface area contributed by atoms with Crippen molar-refractivity contribution in [2.24, 2.45) is 0 Å². The number of anilines is 2. The Morgan fingerprint density at radius 2 is 2.11 bits per heavy atom. The number of benzene rings is 1. The van der Waals surface area contributed by atoms with Gasteiger partial charge in [0.05, 0.1) is 12.0 Å². The van der Waals surface area contributed by atoms with E-state index in [1.807, 2.05) is 57.3 Å². The molecule has 4 aromatic rings. The van der Waals surface area contributed by atoms with Gasteiger partial charge in [0.2, 0.25) is 11.7 Å². The van der Waals surface area contributed by atoms with Crippen LogP contribution in [0.4, 0.5) is 11.5 Å². The van der Waals surface area contributed by atoms with E-state index in [0.29, 0.717) is 11.7 Å². The number of nitrogens with zero attached hydrogens (tertiary/aromatic N) is 5. The second-order valence-electron chi connectivity index (χ2n) is 7.07. The third-order valence-corrected chi connectivity index (χ3v) is 4.44. The summed E-state index contributed by atoms with van der Waals surface area (Å²) < 4.78 is 7.12. The lowest BCUT2D eigenvalue weighted by Crippen LogP contribution is -2.22. The molecule has 8 nitrogen and oxygen atoms in total. The summed E-state index contributed by atoms with van der Waals surface area (Å²) in [6.45, 7) is 5.64. The Kier molecular flexibility index (Phi) is 4.12. The number of aliphatic hydroxyl groups excluding tert-OH is 1. The molecule has 3 heterocycles. The van der Waals surface area contributed by atoms with Crippen molar-refractivity contribution in [1.29, 1.82) is 0 Å². The van der Waals surface area contributed by atoms with Crippen LogP contribution in [-0.4, -0.2) is 36.5 Å². The van der Waals surface area contributed by atoms with Gasteiger partial charge in [0.1, 0.15) is 11.8 Å². The Labute approximate surface area is 155 Å². The predicted molar refractivity (Wildman–Crippen MR) is 101 cm³/mol. The van der Waals surface area contributed by atoms with Gasteiger partial charge in [0, 0.05) is 17.4 Å². The zero-order valence-electron chi connectivity index (χ0n) is 15.3. The van der Waals surface area contributed by atoms with Crippen molar-refractivity contribution < 1.29 is 9.63 Å². The fourth-order valence-electron chi connectivity index (χ4n) is 2.76. The largest absolute Gasteiger partial charge is 0.395 e. The Bertz CT molecular complexity index is 1100. The van der Waals surface area contributed by atoms with E-state index in [1.165, 1.54) is 6.33 Å². The number of rotatable bonds is 5. The van der Waals surface area contributed by atoms with Crippen LogP contribution in [0.25, 0.3) is 16.9 Å². The summed E-state index contributed by atoms with van der Waals surface area (Å²) in [5.41, 5.74) is 3.08. The average Bonchev–Trinajstić information content (AvgIpc) is 3.31. The summed E-state index contributed by atoms with van der Waals surface area (Å²) in [6, 6.07) is 9.68. The first-order valence-corrected chi connectivity index (χ1v) is 8.59. The van der Waals surface area contributed by atoms with Gasteiger partial charge >= 0.3 is 0 Å². The third-order valence-electron chi connectivity index (χ3n) is 4.44. The van der Waals surface area contributed by atoms with Gasteiger partial charge in [0.15, 0.2) is 5.82 Å². The quantitative estimate of drug-likeness (QED) is 0.561. The lowest BCUT2D eigenvalue weighted by molar-refractivity contribution is 0.182. The van der Waals surface area contributed by atoms with Gasteiger partial charge in [-0.3, -0.25) is 0 Å². The highest BCUT2D eigenvalue weighted by Gasteiger charge is 2.27. The van der Waals surface area contributed by atoms with Gasteiger partial charge in [-0.25, -0.2) is 9.50 Å². The van der Waals surface area contributed by atoms with E-state index in [1.54, 1.807) is 4.52 Å². The number of aryl methyl sites for hydroxylation is 1. The molecule has 27 heavy (non-hydrogen) atoms. The molecule has 0 spiro atoms. The Hall–Kier alpha value is -3.26. The topological polar surface area (TPSA) is 101 Å². The molecule has 1 aromatic carbocycles. The van der Waals surface area contributed by atoms with Gasteiger partial charge in [-0.05, 0) is 44.5 Å². The van der Waals surface area contributed by atoms with Crippen molar-refractivity contribution in [2.75, 3.05) is 11.9 Å². The molecule has 0 saturated heterocycles. The molecule has 0 radical (unpaired) electrons. The number of hydrogen-bond donors (Lipinski definition) is 2. The summed E-state index contributed by atoms with van der Waals surface area (Å²) in [5, 5.41) is 21.1. The molecule has 0 fully saturated rings. The van der Waals surface area contributed by atoms with Crippen LogP contribution in [0.15, 0.2) is 47.4 Å². The summed E-state index contributed by atoms with van der Waals surface area (Å²) in [4.78, 5) is 8.80. The van der Waals surface area contributed by atoms with Crippen LogP contribution in [0.3, 0.4) is 0 Å².